The van der Waals surface area contributed by atoms with E-state index in [0.29, 0.717) is 37.7 Å². The van der Waals surface area contributed by atoms with Crippen LogP contribution in [0.1, 0.15) is 99.3 Å². The third-order valence-corrected chi connectivity index (χ3v) is 16.6. The van der Waals surface area contributed by atoms with Gasteiger partial charge in [0.1, 0.15) is 42.7 Å². The Bertz CT molecular complexity index is 1470. The normalized spacial score (nSPS) is 55.6. The summed E-state index contributed by atoms with van der Waals surface area (Å²) in [5.74, 6) is -1.53. The summed E-state index contributed by atoms with van der Waals surface area (Å²) >= 11 is 0. The van der Waals surface area contributed by atoms with E-state index in [1.165, 1.54) is 0 Å². The molecule has 54 heavy (non-hydrogen) atoms. The Morgan fingerprint density at radius 2 is 1.50 bits per heavy atom. The summed E-state index contributed by atoms with van der Waals surface area (Å²) in [5, 5.41) is 97.8. The van der Waals surface area contributed by atoms with E-state index in [0.717, 1.165) is 12.8 Å². The highest BCUT2D eigenvalue weighted by Crippen LogP contribution is 2.73. The van der Waals surface area contributed by atoms with E-state index in [1.54, 1.807) is 6.92 Å². The zero-order valence-electron chi connectivity index (χ0n) is 32.5. The highest BCUT2D eigenvalue weighted by molar-refractivity contribution is 5.79. The third-order valence-electron chi connectivity index (χ3n) is 16.6. The minimum atomic E-state index is -1.76. The molecule has 9 N–H and O–H groups in total. The van der Waals surface area contributed by atoms with Gasteiger partial charge in [0, 0.05) is 11.3 Å². The molecule has 0 bridgehead atoms. The number of carbonyl (C=O) groups is 1. The fourth-order valence-corrected chi connectivity index (χ4v) is 13.1. The number of aliphatic hydroxyl groups is 9. The number of hydrogen-bond donors (Lipinski definition) is 9. The quantitative estimate of drug-likeness (QED) is 0.106. The summed E-state index contributed by atoms with van der Waals surface area (Å²) < 4.78 is 23.5. The SMILES string of the molecule is C[C@@H]1CC[C@]2(C(=O)O[C@@H]3O[C@H](CO)[C@@H](O)[C@H](O)[C@H]3O)CC[C@]3(O)C(=CC[C@@H]4[C@@]5(C)CC[C@@H](O[C@@H]6OC[C@H](O)[C@H](O)[C@H]6O)C(C)(C)[C@H]5CC[C@]43C)[C@H]2[C@]1(C)O. The molecule has 14 nitrogen and oxygen atoms in total. The molecule has 2 heterocycles. The van der Waals surface area contributed by atoms with E-state index in [1.807, 2.05) is 6.92 Å². The van der Waals surface area contributed by atoms with Gasteiger partial charge in [-0.25, -0.2) is 0 Å². The fourth-order valence-electron chi connectivity index (χ4n) is 13.1. The van der Waals surface area contributed by atoms with Gasteiger partial charge in [0.05, 0.1) is 35.9 Å². The maximum Gasteiger partial charge on any atom is 0.315 e. The second-order valence-corrected chi connectivity index (χ2v) is 19.4. The first-order chi connectivity index (χ1) is 25.1. The molecule has 5 aliphatic carbocycles. The van der Waals surface area contributed by atoms with Crippen LogP contribution in [0.5, 0.6) is 0 Å². The zero-order valence-corrected chi connectivity index (χ0v) is 32.5. The number of esters is 1. The molecule has 0 unspecified atom stereocenters. The van der Waals surface area contributed by atoms with Crippen molar-refractivity contribution >= 4 is 5.97 Å². The van der Waals surface area contributed by atoms with Crippen molar-refractivity contribution in [3.63, 3.8) is 0 Å². The van der Waals surface area contributed by atoms with Crippen molar-refractivity contribution in [2.75, 3.05) is 13.2 Å². The lowest BCUT2D eigenvalue weighted by atomic mass is 9.35. The van der Waals surface area contributed by atoms with E-state index in [9.17, 15) is 50.8 Å². The van der Waals surface area contributed by atoms with Gasteiger partial charge in [-0.15, -0.1) is 0 Å². The number of hydrogen-bond acceptors (Lipinski definition) is 14. The predicted molar refractivity (Wildman–Crippen MR) is 190 cm³/mol. The molecule has 0 aromatic heterocycles. The molecule has 14 heteroatoms. The van der Waals surface area contributed by atoms with Gasteiger partial charge in [-0.2, -0.15) is 0 Å². The molecular formula is C40H64O14. The lowest BCUT2D eigenvalue weighted by molar-refractivity contribution is -0.310. The van der Waals surface area contributed by atoms with Crippen LogP contribution >= 0.6 is 0 Å². The Balaban J connectivity index is 1.19. The number of carbonyl (C=O) groups excluding carboxylic acids is 1. The van der Waals surface area contributed by atoms with Crippen molar-refractivity contribution in [3.05, 3.63) is 11.6 Å². The first-order valence-electron chi connectivity index (χ1n) is 20.1. The third kappa shape index (κ3) is 5.67. The number of allylic oxidation sites excluding steroid dienone is 1. The molecule has 0 aromatic carbocycles. The first-order valence-corrected chi connectivity index (χ1v) is 20.1. The summed E-state index contributed by atoms with van der Waals surface area (Å²) in [6.07, 6.45) is -6.35. The molecule has 2 aliphatic heterocycles. The molecule has 0 aromatic rings. The average molecular weight is 769 g/mol. The monoisotopic (exact) mass is 768 g/mol. The smallest absolute Gasteiger partial charge is 0.315 e. The van der Waals surface area contributed by atoms with Crippen molar-refractivity contribution < 1.29 is 69.7 Å². The molecule has 0 amide bonds. The Labute approximate surface area is 317 Å². The molecule has 308 valence electrons. The maximum atomic E-state index is 14.5. The van der Waals surface area contributed by atoms with Crippen LogP contribution in [0.4, 0.5) is 0 Å². The van der Waals surface area contributed by atoms with Gasteiger partial charge >= 0.3 is 5.97 Å². The first kappa shape index (κ1) is 40.9. The highest BCUT2D eigenvalue weighted by Gasteiger charge is 2.73. The maximum absolute atomic E-state index is 14.5. The van der Waals surface area contributed by atoms with Gasteiger partial charge in [0.25, 0.3) is 0 Å². The van der Waals surface area contributed by atoms with Gasteiger partial charge in [0.15, 0.2) is 6.29 Å². The molecule has 0 radical (unpaired) electrons. The van der Waals surface area contributed by atoms with Gasteiger partial charge in [0.2, 0.25) is 6.29 Å². The van der Waals surface area contributed by atoms with E-state index in [4.69, 9.17) is 18.9 Å². The number of aliphatic hydroxyl groups excluding tert-OH is 7. The number of fused-ring (bicyclic) bond motifs is 7. The van der Waals surface area contributed by atoms with E-state index in [2.05, 4.69) is 33.8 Å². The topological polar surface area (TPSA) is 236 Å². The molecule has 0 spiro atoms. The predicted octanol–water partition coefficient (Wildman–Crippen LogP) is 0.651. The number of ether oxygens (including phenoxy) is 4. The minimum absolute atomic E-state index is 0.0470. The van der Waals surface area contributed by atoms with Crippen LogP contribution in [0.3, 0.4) is 0 Å². The van der Waals surface area contributed by atoms with E-state index in [-0.39, 0.29) is 54.1 Å². The second kappa shape index (κ2) is 13.7. The lowest BCUT2D eigenvalue weighted by Crippen LogP contribution is -2.71. The summed E-state index contributed by atoms with van der Waals surface area (Å²) in [5.41, 5.74) is -4.60. The fraction of sp³-hybridized carbons (Fsp3) is 0.925. The summed E-state index contributed by atoms with van der Waals surface area (Å²) in [4.78, 5) is 14.5. The Hall–Kier alpha value is -1.27. The molecular weight excluding hydrogens is 704 g/mol. The van der Waals surface area contributed by atoms with Crippen LogP contribution in [0.25, 0.3) is 0 Å². The van der Waals surface area contributed by atoms with Crippen LogP contribution < -0.4 is 0 Å². The highest BCUT2D eigenvalue weighted by atomic mass is 16.7. The van der Waals surface area contributed by atoms with Gasteiger partial charge < -0.3 is 64.9 Å². The molecule has 4 saturated carbocycles. The molecule has 2 saturated heterocycles. The van der Waals surface area contributed by atoms with Crippen molar-refractivity contribution in [1.29, 1.82) is 0 Å². The van der Waals surface area contributed by atoms with Gasteiger partial charge in [-0.05, 0) is 98.9 Å². The van der Waals surface area contributed by atoms with Crippen LogP contribution in [-0.2, 0) is 23.7 Å². The Morgan fingerprint density at radius 1 is 0.815 bits per heavy atom. The minimum Gasteiger partial charge on any atom is -0.432 e. The molecule has 6 fully saturated rings. The Morgan fingerprint density at radius 3 is 2.19 bits per heavy atom. The molecule has 7 rings (SSSR count). The van der Waals surface area contributed by atoms with Crippen LogP contribution in [-0.4, -0.2) is 138 Å². The Kier molecular flexibility index (Phi) is 10.3. The molecule has 19 atom stereocenters. The van der Waals surface area contributed by atoms with Gasteiger partial charge in [-0.1, -0.05) is 40.7 Å². The van der Waals surface area contributed by atoms with Crippen molar-refractivity contribution in [2.45, 2.75) is 172 Å². The lowest BCUT2D eigenvalue weighted by Gasteiger charge is -2.71. The summed E-state index contributed by atoms with van der Waals surface area (Å²) in [7, 11) is 0. The van der Waals surface area contributed by atoms with E-state index >= 15 is 0 Å². The van der Waals surface area contributed by atoms with Crippen LogP contribution in [0, 0.1) is 45.3 Å². The van der Waals surface area contributed by atoms with Crippen molar-refractivity contribution in [3.8, 4) is 0 Å². The molecule has 7 aliphatic rings. The second-order valence-electron chi connectivity index (χ2n) is 19.4. The zero-order chi connectivity index (χ0) is 39.6. The summed E-state index contributed by atoms with van der Waals surface area (Å²) in [6, 6.07) is 0. The van der Waals surface area contributed by atoms with Crippen LogP contribution in [0.15, 0.2) is 11.6 Å². The average Bonchev–Trinajstić information content (AvgIpc) is 3.11. The van der Waals surface area contributed by atoms with Gasteiger partial charge in [-0.3, -0.25) is 4.79 Å². The summed E-state index contributed by atoms with van der Waals surface area (Å²) in [6.45, 7) is 11.7. The van der Waals surface area contributed by atoms with Crippen molar-refractivity contribution in [2.24, 2.45) is 45.3 Å². The van der Waals surface area contributed by atoms with E-state index < -0.39 is 95.8 Å². The standard InChI is InChI=1S/C40H64O14/c1-19-9-14-39(34(48)54-33-30(47)28(45)27(44)22(17-41)52-33)15-16-40(50)20(31(39)38(19,6)49)7-8-24-36(4)12-11-25(35(2,3)23(36)10-13-37(24,40)5)53-32-29(46)26(43)21(42)18-51-32/h7,19,21-33,41-47,49-50H,8-18H2,1-6H3/t19-,21+,22-,23-,24-,25-,26+,27-,28+,29-,30-,31+,32+,33+,36+,37-,38-,39+,40+/m1/s1. The number of rotatable bonds is 5. The van der Waals surface area contributed by atoms with Crippen molar-refractivity contribution in [1.82, 2.24) is 0 Å². The largest absolute Gasteiger partial charge is 0.432 e. The van der Waals surface area contributed by atoms with Crippen LogP contribution in [0.2, 0.25) is 0 Å².